The van der Waals surface area contributed by atoms with E-state index in [0.717, 1.165) is 19.4 Å². The molecule has 0 aliphatic rings. The summed E-state index contributed by atoms with van der Waals surface area (Å²) in [5, 5.41) is 8.92. The van der Waals surface area contributed by atoms with Gasteiger partial charge in [0.05, 0.1) is 25.4 Å². The Kier molecular flexibility index (Phi) is 10.1. The number of rotatable bonds is 12. The number of para-hydroxylation sites is 1. The van der Waals surface area contributed by atoms with Crippen LogP contribution in [0.3, 0.4) is 0 Å². The van der Waals surface area contributed by atoms with Crippen LogP contribution < -0.4 is 4.74 Å². The summed E-state index contributed by atoms with van der Waals surface area (Å²) in [6.45, 7) is 3.76. The molecule has 0 bridgehead atoms. The van der Waals surface area contributed by atoms with Gasteiger partial charge in [-0.1, -0.05) is 12.1 Å². The highest BCUT2D eigenvalue weighted by Crippen LogP contribution is 2.16. The third-order valence-corrected chi connectivity index (χ3v) is 2.71. The molecule has 0 saturated carbocycles. The van der Waals surface area contributed by atoms with E-state index in [-0.39, 0.29) is 0 Å². The fourth-order valence-corrected chi connectivity index (χ4v) is 1.66. The Hall–Kier alpha value is -1.61. The molecule has 0 atom stereocenters. The third kappa shape index (κ3) is 8.30. The summed E-state index contributed by atoms with van der Waals surface area (Å²) in [6, 6.07) is 9.32. The average molecular weight is 293 g/mol. The van der Waals surface area contributed by atoms with Gasteiger partial charge in [-0.05, 0) is 18.6 Å². The minimum atomic E-state index is 0.535. The van der Waals surface area contributed by atoms with Crippen molar-refractivity contribution in [3.8, 4) is 11.8 Å². The van der Waals surface area contributed by atoms with E-state index in [4.69, 9.17) is 24.2 Å². The van der Waals surface area contributed by atoms with Crippen molar-refractivity contribution in [1.29, 1.82) is 5.26 Å². The Labute approximate surface area is 126 Å². The molecule has 0 aromatic heterocycles. The number of methoxy groups -OCH3 is 1. The van der Waals surface area contributed by atoms with Crippen molar-refractivity contribution in [2.24, 2.45) is 0 Å². The largest absolute Gasteiger partial charge is 0.492 e. The van der Waals surface area contributed by atoms with E-state index in [1.807, 2.05) is 12.1 Å². The van der Waals surface area contributed by atoms with Gasteiger partial charge in [-0.15, -0.1) is 0 Å². The molecule has 0 fully saturated rings. The second kappa shape index (κ2) is 12.2. The molecule has 0 spiro atoms. The number of ether oxygens (including phenoxy) is 4. The monoisotopic (exact) mass is 293 g/mol. The van der Waals surface area contributed by atoms with E-state index in [9.17, 15) is 0 Å². The SMILES string of the molecule is COCCCOCCOCCCOc1ccccc1C#N. The Morgan fingerprint density at radius 2 is 1.57 bits per heavy atom. The first-order chi connectivity index (χ1) is 10.4. The second-order valence-electron chi connectivity index (χ2n) is 4.38. The van der Waals surface area contributed by atoms with Gasteiger partial charge in [0.25, 0.3) is 0 Å². The second-order valence-corrected chi connectivity index (χ2v) is 4.38. The first-order valence-corrected chi connectivity index (χ1v) is 7.15. The lowest BCUT2D eigenvalue weighted by molar-refractivity contribution is 0.0364. The maximum atomic E-state index is 8.92. The van der Waals surface area contributed by atoms with Crippen LogP contribution in [0.4, 0.5) is 0 Å². The third-order valence-electron chi connectivity index (χ3n) is 2.71. The van der Waals surface area contributed by atoms with Crippen LogP contribution in [0.5, 0.6) is 5.75 Å². The van der Waals surface area contributed by atoms with Crippen LogP contribution in [0.25, 0.3) is 0 Å². The predicted octanol–water partition coefficient (Wildman–Crippen LogP) is 2.40. The maximum Gasteiger partial charge on any atom is 0.137 e. The Bertz CT molecular complexity index is 417. The van der Waals surface area contributed by atoms with E-state index in [1.165, 1.54) is 0 Å². The van der Waals surface area contributed by atoms with Gasteiger partial charge >= 0.3 is 0 Å². The van der Waals surface area contributed by atoms with Crippen molar-refractivity contribution >= 4 is 0 Å². The van der Waals surface area contributed by atoms with Crippen LogP contribution in [-0.2, 0) is 14.2 Å². The number of hydrogen-bond acceptors (Lipinski definition) is 5. The lowest BCUT2D eigenvalue weighted by Gasteiger charge is -2.08. The van der Waals surface area contributed by atoms with Gasteiger partial charge in [-0.3, -0.25) is 0 Å². The Balaban J connectivity index is 1.94. The average Bonchev–Trinajstić information content (AvgIpc) is 2.53. The quantitative estimate of drug-likeness (QED) is 0.554. The number of benzene rings is 1. The first-order valence-electron chi connectivity index (χ1n) is 7.15. The zero-order valence-corrected chi connectivity index (χ0v) is 12.5. The van der Waals surface area contributed by atoms with Crippen LogP contribution in [-0.4, -0.2) is 46.8 Å². The van der Waals surface area contributed by atoms with Crippen molar-refractivity contribution < 1.29 is 18.9 Å². The van der Waals surface area contributed by atoms with E-state index >= 15 is 0 Å². The van der Waals surface area contributed by atoms with Crippen molar-refractivity contribution in [2.45, 2.75) is 12.8 Å². The van der Waals surface area contributed by atoms with Crippen LogP contribution in [0.2, 0.25) is 0 Å². The Morgan fingerprint density at radius 1 is 0.905 bits per heavy atom. The van der Waals surface area contributed by atoms with Crippen LogP contribution >= 0.6 is 0 Å². The molecule has 116 valence electrons. The van der Waals surface area contributed by atoms with Crippen LogP contribution in [0, 0.1) is 11.3 Å². The van der Waals surface area contributed by atoms with Gasteiger partial charge in [0.1, 0.15) is 11.8 Å². The standard InChI is InChI=1S/C16H23NO4/c1-18-8-4-9-19-12-13-20-10-5-11-21-16-7-3-2-6-15(16)14-17/h2-3,6-7H,4-5,8-13H2,1H3. The summed E-state index contributed by atoms with van der Waals surface area (Å²) in [5.41, 5.74) is 0.558. The van der Waals surface area contributed by atoms with Gasteiger partial charge in [0.2, 0.25) is 0 Å². The lowest BCUT2D eigenvalue weighted by Crippen LogP contribution is -2.09. The molecule has 1 aromatic rings. The van der Waals surface area contributed by atoms with Gasteiger partial charge in [-0.25, -0.2) is 0 Å². The van der Waals surface area contributed by atoms with Crippen LogP contribution in [0.15, 0.2) is 24.3 Å². The molecule has 5 nitrogen and oxygen atoms in total. The number of nitriles is 1. The highest BCUT2D eigenvalue weighted by molar-refractivity contribution is 5.42. The highest BCUT2D eigenvalue weighted by atomic mass is 16.5. The normalized spacial score (nSPS) is 10.3. The summed E-state index contributed by atoms with van der Waals surface area (Å²) in [4.78, 5) is 0. The fraction of sp³-hybridized carbons (Fsp3) is 0.562. The molecule has 0 heterocycles. The topological polar surface area (TPSA) is 60.7 Å². The molecular formula is C16H23NO4. The van der Waals surface area contributed by atoms with E-state index in [0.29, 0.717) is 44.3 Å². The molecule has 1 aromatic carbocycles. The summed E-state index contributed by atoms with van der Waals surface area (Å²) in [5.74, 6) is 0.626. The van der Waals surface area contributed by atoms with Crippen molar-refractivity contribution in [3.05, 3.63) is 29.8 Å². The minimum Gasteiger partial charge on any atom is -0.492 e. The summed E-state index contributed by atoms with van der Waals surface area (Å²) >= 11 is 0. The molecule has 0 N–H and O–H groups in total. The first kappa shape index (κ1) is 17.4. The zero-order chi connectivity index (χ0) is 15.2. The molecule has 0 aliphatic carbocycles. The van der Waals surface area contributed by atoms with Crippen LogP contribution in [0.1, 0.15) is 18.4 Å². The van der Waals surface area contributed by atoms with E-state index in [2.05, 4.69) is 6.07 Å². The van der Waals surface area contributed by atoms with Crippen molar-refractivity contribution in [2.75, 3.05) is 46.8 Å². The maximum absolute atomic E-state index is 8.92. The molecule has 21 heavy (non-hydrogen) atoms. The molecule has 0 radical (unpaired) electrons. The fourth-order valence-electron chi connectivity index (χ4n) is 1.66. The Morgan fingerprint density at radius 3 is 2.24 bits per heavy atom. The molecule has 0 saturated heterocycles. The molecule has 0 unspecified atom stereocenters. The summed E-state index contributed by atoms with van der Waals surface area (Å²) in [6.07, 6.45) is 1.69. The number of nitrogens with zero attached hydrogens (tertiary/aromatic N) is 1. The van der Waals surface area contributed by atoms with Crippen molar-refractivity contribution in [1.82, 2.24) is 0 Å². The van der Waals surface area contributed by atoms with E-state index < -0.39 is 0 Å². The summed E-state index contributed by atoms with van der Waals surface area (Å²) in [7, 11) is 1.68. The molecule has 0 amide bonds. The van der Waals surface area contributed by atoms with E-state index in [1.54, 1.807) is 19.2 Å². The minimum absolute atomic E-state index is 0.535. The van der Waals surface area contributed by atoms with Gasteiger partial charge < -0.3 is 18.9 Å². The molecule has 1 rings (SSSR count). The highest BCUT2D eigenvalue weighted by Gasteiger charge is 2.00. The lowest BCUT2D eigenvalue weighted by atomic mass is 10.2. The smallest absolute Gasteiger partial charge is 0.137 e. The summed E-state index contributed by atoms with van der Waals surface area (Å²) < 4.78 is 21.3. The molecule has 5 heteroatoms. The van der Waals surface area contributed by atoms with Gasteiger partial charge in [0, 0.05) is 33.4 Å². The number of hydrogen-bond donors (Lipinski definition) is 0. The molecule has 0 aliphatic heterocycles. The van der Waals surface area contributed by atoms with Gasteiger partial charge in [-0.2, -0.15) is 5.26 Å². The molecular weight excluding hydrogens is 270 g/mol. The van der Waals surface area contributed by atoms with Gasteiger partial charge in [0.15, 0.2) is 0 Å². The zero-order valence-electron chi connectivity index (χ0n) is 12.5. The predicted molar refractivity (Wildman–Crippen MR) is 79.4 cm³/mol. The van der Waals surface area contributed by atoms with Crippen molar-refractivity contribution in [3.63, 3.8) is 0 Å².